The third-order valence-corrected chi connectivity index (χ3v) is 4.04. The molecular weight excluding hydrogens is 360 g/mol. The fourth-order valence-electron chi connectivity index (χ4n) is 1.91. The number of hydrogen-bond acceptors (Lipinski definition) is 3. The van der Waals surface area contributed by atoms with E-state index < -0.39 is 0 Å². The van der Waals surface area contributed by atoms with Crippen molar-refractivity contribution in [1.29, 1.82) is 0 Å². The summed E-state index contributed by atoms with van der Waals surface area (Å²) in [5.41, 5.74) is 3.86. The molecule has 0 spiro atoms. The van der Waals surface area contributed by atoms with Crippen molar-refractivity contribution in [3.8, 4) is 5.75 Å². The van der Waals surface area contributed by atoms with Crippen molar-refractivity contribution >= 4 is 53.9 Å². The molecule has 1 aromatic heterocycles. The van der Waals surface area contributed by atoms with E-state index in [1.165, 1.54) is 0 Å². The van der Waals surface area contributed by atoms with Crippen LogP contribution < -0.4 is 0 Å². The number of para-hydroxylation sites is 1. The SMILES string of the molecule is Cc1cccc2nc3c(O)c(Br)cc(Br)c3nc12. The molecule has 5 heteroatoms. The lowest BCUT2D eigenvalue weighted by Gasteiger charge is -2.07. The lowest BCUT2D eigenvalue weighted by atomic mass is 10.2. The molecule has 3 aromatic rings. The predicted molar refractivity (Wildman–Crippen MR) is 78.8 cm³/mol. The molecule has 18 heavy (non-hydrogen) atoms. The van der Waals surface area contributed by atoms with Crippen molar-refractivity contribution < 1.29 is 5.11 Å². The second-order valence-electron chi connectivity index (χ2n) is 4.05. The number of halogens is 2. The molecule has 0 aliphatic heterocycles. The van der Waals surface area contributed by atoms with E-state index in [0.29, 0.717) is 15.5 Å². The monoisotopic (exact) mass is 366 g/mol. The first-order valence-electron chi connectivity index (χ1n) is 5.32. The van der Waals surface area contributed by atoms with Crippen molar-refractivity contribution in [1.82, 2.24) is 9.97 Å². The van der Waals surface area contributed by atoms with Gasteiger partial charge in [0.25, 0.3) is 0 Å². The average molecular weight is 368 g/mol. The summed E-state index contributed by atoms with van der Waals surface area (Å²) in [7, 11) is 0. The van der Waals surface area contributed by atoms with E-state index in [4.69, 9.17) is 0 Å². The summed E-state index contributed by atoms with van der Waals surface area (Å²) in [6.07, 6.45) is 0. The van der Waals surface area contributed by atoms with Crippen LogP contribution in [0.5, 0.6) is 5.75 Å². The zero-order valence-electron chi connectivity index (χ0n) is 9.41. The highest BCUT2D eigenvalue weighted by molar-refractivity contribution is 9.11. The number of rotatable bonds is 0. The van der Waals surface area contributed by atoms with Crippen molar-refractivity contribution in [2.45, 2.75) is 6.92 Å². The second kappa shape index (κ2) is 4.17. The van der Waals surface area contributed by atoms with Crippen molar-refractivity contribution in [3.05, 3.63) is 38.8 Å². The maximum Gasteiger partial charge on any atom is 0.157 e. The number of phenols is 1. The molecule has 2 aromatic carbocycles. The Balaban J connectivity index is 2.57. The smallest absolute Gasteiger partial charge is 0.157 e. The van der Waals surface area contributed by atoms with Crippen LogP contribution in [-0.4, -0.2) is 15.1 Å². The van der Waals surface area contributed by atoms with Gasteiger partial charge in [-0.1, -0.05) is 12.1 Å². The van der Waals surface area contributed by atoms with E-state index in [9.17, 15) is 5.11 Å². The van der Waals surface area contributed by atoms with Crippen molar-refractivity contribution in [3.63, 3.8) is 0 Å². The number of nitrogens with zero attached hydrogens (tertiary/aromatic N) is 2. The highest BCUT2D eigenvalue weighted by Gasteiger charge is 2.13. The van der Waals surface area contributed by atoms with Crippen LogP contribution in [-0.2, 0) is 0 Å². The van der Waals surface area contributed by atoms with E-state index >= 15 is 0 Å². The van der Waals surface area contributed by atoms with Crippen LogP contribution in [0, 0.1) is 6.92 Å². The summed E-state index contributed by atoms with van der Waals surface area (Å²) in [4.78, 5) is 9.08. The first-order valence-corrected chi connectivity index (χ1v) is 6.90. The van der Waals surface area contributed by atoms with Gasteiger partial charge >= 0.3 is 0 Å². The van der Waals surface area contributed by atoms with Gasteiger partial charge in [-0.15, -0.1) is 0 Å². The van der Waals surface area contributed by atoms with Crippen molar-refractivity contribution in [2.24, 2.45) is 0 Å². The van der Waals surface area contributed by atoms with Crippen LogP contribution in [0.25, 0.3) is 22.1 Å². The number of aromatic hydroxyl groups is 1. The van der Waals surface area contributed by atoms with Gasteiger partial charge in [0.1, 0.15) is 11.0 Å². The van der Waals surface area contributed by atoms with E-state index in [-0.39, 0.29) is 5.75 Å². The second-order valence-corrected chi connectivity index (χ2v) is 5.76. The summed E-state index contributed by atoms with van der Waals surface area (Å²) in [5.74, 6) is 0.115. The molecule has 1 heterocycles. The maximum atomic E-state index is 10.0. The molecule has 0 aliphatic carbocycles. The van der Waals surface area contributed by atoms with Crippen LogP contribution in [0.3, 0.4) is 0 Å². The number of fused-ring (bicyclic) bond motifs is 2. The largest absolute Gasteiger partial charge is 0.504 e. The molecule has 3 rings (SSSR count). The highest BCUT2D eigenvalue weighted by Crippen LogP contribution is 2.36. The summed E-state index contributed by atoms with van der Waals surface area (Å²) in [6.45, 7) is 2.00. The Bertz CT molecular complexity index is 787. The van der Waals surface area contributed by atoms with Gasteiger partial charge in [-0.2, -0.15) is 0 Å². The van der Waals surface area contributed by atoms with Gasteiger partial charge in [0, 0.05) is 4.47 Å². The van der Waals surface area contributed by atoms with Gasteiger partial charge in [0.15, 0.2) is 5.75 Å². The lowest BCUT2D eigenvalue weighted by Crippen LogP contribution is -1.91. The third-order valence-electron chi connectivity index (χ3n) is 2.83. The molecule has 90 valence electrons. The predicted octanol–water partition coefficient (Wildman–Crippen LogP) is 4.32. The van der Waals surface area contributed by atoms with Crippen LogP contribution in [0.1, 0.15) is 5.56 Å². The molecular formula is C13H8Br2N2O. The molecule has 0 saturated heterocycles. The molecule has 0 saturated carbocycles. The number of aryl methyl sites for hydroxylation is 1. The first kappa shape index (κ1) is 11.9. The highest BCUT2D eigenvalue weighted by atomic mass is 79.9. The minimum atomic E-state index is 0.115. The summed E-state index contributed by atoms with van der Waals surface area (Å²) in [6, 6.07) is 7.59. The average Bonchev–Trinajstić information content (AvgIpc) is 2.35. The summed E-state index contributed by atoms with van der Waals surface area (Å²) < 4.78 is 1.41. The Morgan fingerprint density at radius 2 is 1.78 bits per heavy atom. The minimum Gasteiger partial charge on any atom is -0.504 e. The van der Waals surface area contributed by atoms with Gasteiger partial charge in [-0.05, 0) is 56.5 Å². The Hall–Kier alpha value is -1.20. The fourth-order valence-corrected chi connectivity index (χ4v) is 3.14. The minimum absolute atomic E-state index is 0.115. The normalized spacial score (nSPS) is 11.3. The lowest BCUT2D eigenvalue weighted by molar-refractivity contribution is 0.477. The Morgan fingerprint density at radius 1 is 1.00 bits per heavy atom. The zero-order valence-corrected chi connectivity index (χ0v) is 12.6. The van der Waals surface area contributed by atoms with E-state index in [2.05, 4.69) is 41.8 Å². The molecule has 0 amide bonds. The van der Waals surface area contributed by atoms with Crippen LogP contribution in [0.2, 0.25) is 0 Å². The quantitative estimate of drug-likeness (QED) is 0.602. The van der Waals surface area contributed by atoms with Gasteiger partial charge in [-0.3, -0.25) is 0 Å². The third kappa shape index (κ3) is 1.69. The molecule has 1 N–H and O–H groups in total. The topological polar surface area (TPSA) is 46.0 Å². The first-order chi connectivity index (χ1) is 8.58. The van der Waals surface area contributed by atoms with Crippen molar-refractivity contribution in [2.75, 3.05) is 0 Å². The Labute approximate surface area is 120 Å². The molecule has 0 atom stereocenters. The van der Waals surface area contributed by atoms with E-state index in [1.807, 2.05) is 25.1 Å². The van der Waals surface area contributed by atoms with Crippen LogP contribution >= 0.6 is 31.9 Å². The summed E-state index contributed by atoms with van der Waals surface area (Å²) in [5, 5.41) is 10.0. The van der Waals surface area contributed by atoms with Gasteiger partial charge < -0.3 is 5.11 Å². The fraction of sp³-hybridized carbons (Fsp3) is 0.0769. The molecule has 0 unspecified atom stereocenters. The molecule has 0 aliphatic rings. The maximum absolute atomic E-state index is 10.0. The molecule has 3 nitrogen and oxygen atoms in total. The Kier molecular flexibility index (Phi) is 2.75. The molecule has 0 fully saturated rings. The van der Waals surface area contributed by atoms with Gasteiger partial charge in [-0.25, -0.2) is 9.97 Å². The summed E-state index contributed by atoms with van der Waals surface area (Å²) >= 11 is 6.75. The zero-order chi connectivity index (χ0) is 12.9. The number of phenolic OH excluding ortho intramolecular Hbond substituents is 1. The molecule has 0 radical (unpaired) electrons. The van der Waals surface area contributed by atoms with Gasteiger partial charge in [0.05, 0.1) is 15.5 Å². The standard InChI is InChI=1S/C13H8Br2N2O/c1-6-3-2-4-9-10(6)17-11-7(14)5-8(15)13(18)12(11)16-9/h2-5,18H,1H3. The number of aromatic nitrogens is 2. The number of benzene rings is 2. The van der Waals surface area contributed by atoms with Crippen LogP contribution in [0.4, 0.5) is 0 Å². The number of hydrogen-bond donors (Lipinski definition) is 1. The van der Waals surface area contributed by atoms with E-state index in [0.717, 1.165) is 21.1 Å². The van der Waals surface area contributed by atoms with Crippen LogP contribution in [0.15, 0.2) is 33.2 Å². The molecule has 0 bridgehead atoms. The van der Waals surface area contributed by atoms with E-state index in [1.54, 1.807) is 6.07 Å². The Morgan fingerprint density at radius 3 is 2.56 bits per heavy atom. The van der Waals surface area contributed by atoms with Gasteiger partial charge in [0.2, 0.25) is 0 Å².